The van der Waals surface area contributed by atoms with Crippen molar-refractivity contribution in [2.45, 2.75) is 32.5 Å². The van der Waals surface area contributed by atoms with Gasteiger partial charge in [-0.25, -0.2) is 0 Å². The zero-order valence-electron chi connectivity index (χ0n) is 15.1. The zero-order valence-corrected chi connectivity index (χ0v) is 16.6. The highest BCUT2D eigenvalue weighted by molar-refractivity contribution is 6.42. The molecule has 2 aromatic carbocycles. The molecule has 1 atom stereocenters. The molecule has 0 aliphatic heterocycles. The molecule has 0 unspecified atom stereocenters. The highest BCUT2D eigenvalue weighted by atomic mass is 35.5. The van der Waals surface area contributed by atoms with Gasteiger partial charge >= 0.3 is 0 Å². The van der Waals surface area contributed by atoms with E-state index in [9.17, 15) is 5.11 Å². The molecule has 0 aliphatic carbocycles. The van der Waals surface area contributed by atoms with Gasteiger partial charge in [-0.2, -0.15) is 15.0 Å². The molecule has 0 saturated carbocycles. The number of benzene rings is 2. The number of aromatic nitrogens is 3. The Bertz CT molecular complexity index is 879. The minimum atomic E-state index is 0.0360. The molecule has 2 N–H and O–H groups in total. The Labute approximate surface area is 168 Å². The van der Waals surface area contributed by atoms with Gasteiger partial charge in [0.05, 0.1) is 23.2 Å². The highest BCUT2D eigenvalue weighted by Gasteiger charge is 2.15. The lowest BCUT2D eigenvalue weighted by Gasteiger charge is -2.12. The largest absolute Gasteiger partial charge is 0.395 e. The first-order chi connectivity index (χ1) is 13.1. The third-order valence-corrected chi connectivity index (χ3v) is 5.09. The van der Waals surface area contributed by atoms with Gasteiger partial charge in [-0.1, -0.05) is 66.5 Å². The van der Waals surface area contributed by atoms with Crippen LogP contribution in [0.25, 0.3) is 11.3 Å². The fraction of sp³-hybridized carbons (Fsp3) is 0.300. The van der Waals surface area contributed by atoms with E-state index in [2.05, 4.69) is 15.5 Å². The van der Waals surface area contributed by atoms with Gasteiger partial charge in [-0.05, 0) is 24.1 Å². The molecule has 3 rings (SSSR count). The molecule has 0 amide bonds. The number of aliphatic hydroxyl groups is 1. The van der Waals surface area contributed by atoms with Crippen molar-refractivity contribution in [2.24, 2.45) is 0 Å². The van der Waals surface area contributed by atoms with Crippen LogP contribution in [-0.2, 0) is 13.1 Å². The molecule has 0 radical (unpaired) electrons. The Hall–Kier alpha value is -1.92. The van der Waals surface area contributed by atoms with Crippen LogP contribution < -0.4 is 5.32 Å². The average Bonchev–Trinajstić information content (AvgIpc) is 3.09. The fourth-order valence-electron chi connectivity index (χ4n) is 2.77. The van der Waals surface area contributed by atoms with E-state index in [0.29, 0.717) is 23.1 Å². The molecule has 0 saturated heterocycles. The number of nitrogens with one attached hydrogen (secondary N) is 1. The maximum absolute atomic E-state index is 9.41. The lowest BCUT2D eigenvalue weighted by molar-refractivity contribution is 0.238. The average molecular weight is 405 g/mol. The van der Waals surface area contributed by atoms with E-state index < -0.39 is 0 Å². The molecule has 0 spiro atoms. The number of hydrogen-bond donors (Lipinski definition) is 2. The number of aliphatic hydroxyl groups excluding tert-OH is 1. The lowest BCUT2D eigenvalue weighted by Crippen LogP contribution is -2.31. The van der Waals surface area contributed by atoms with Crippen LogP contribution in [0.3, 0.4) is 0 Å². The molecule has 5 nitrogen and oxygen atoms in total. The summed E-state index contributed by atoms with van der Waals surface area (Å²) in [5, 5.41) is 23.1. The van der Waals surface area contributed by atoms with Crippen LogP contribution >= 0.6 is 23.2 Å². The summed E-state index contributed by atoms with van der Waals surface area (Å²) in [6.07, 6.45) is 0.842. The molecule has 27 heavy (non-hydrogen) atoms. The fourth-order valence-corrected chi connectivity index (χ4v) is 3.09. The maximum Gasteiger partial charge on any atom is 0.117 e. The van der Waals surface area contributed by atoms with Gasteiger partial charge in [0.2, 0.25) is 0 Å². The van der Waals surface area contributed by atoms with Crippen molar-refractivity contribution < 1.29 is 5.11 Å². The van der Waals surface area contributed by atoms with Gasteiger partial charge in [0.25, 0.3) is 0 Å². The Morgan fingerprint density at radius 2 is 1.85 bits per heavy atom. The molecule has 0 aliphatic rings. The molecular weight excluding hydrogens is 383 g/mol. The second-order valence-corrected chi connectivity index (χ2v) is 7.12. The Morgan fingerprint density at radius 3 is 2.52 bits per heavy atom. The van der Waals surface area contributed by atoms with Gasteiger partial charge in [-0.15, -0.1) is 0 Å². The molecule has 1 aromatic heterocycles. The Morgan fingerprint density at radius 1 is 1.07 bits per heavy atom. The second kappa shape index (κ2) is 9.33. The predicted octanol–water partition coefficient (Wildman–Crippen LogP) is 4.16. The molecule has 3 aromatic rings. The smallest absolute Gasteiger partial charge is 0.117 e. The predicted molar refractivity (Wildman–Crippen MR) is 109 cm³/mol. The van der Waals surface area contributed by atoms with Crippen LogP contribution in [0.1, 0.15) is 24.6 Å². The van der Waals surface area contributed by atoms with E-state index in [0.717, 1.165) is 28.9 Å². The summed E-state index contributed by atoms with van der Waals surface area (Å²) in [5.74, 6) is 0. The maximum atomic E-state index is 9.41. The van der Waals surface area contributed by atoms with Gasteiger partial charge in [0.1, 0.15) is 11.4 Å². The molecule has 1 heterocycles. The summed E-state index contributed by atoms with van der Waals surface area (Å²) in [4.78, 5) is 1.67. The SMILES string of the molecule is CC[C@@H](CO)NCc1nn(Cc2ccc(Cl)c(Cl)c2)nc1-c1ccccc1. The standard InChI is InChI=1S/C20H22Cl2N4O/c1-2-16(13-27)23-11-19-20(15-6-4-3-5-7-15)25-26(24-19)12-14-8-9-17(21)18(22)10-14/h3-10,16,23,27H,2,11-13H2,1H3/t16-/m0/s1. The van der Waals surface area contributed by atoms with Crippen molar-refractivity contribution >= 4 is 23.2 Å². The van der Waals surface area contributed by atoms with Gasteiger partial charge in [0, 0.05) is 18.2 Å². The van der Waals surface area contributed by atoms with E-state index in [1.54, 1.807) is 10.9 Å². The first-order valence-electron chi connectivity index (χ1n) is 8.88. The molecule has 0 fully saturated rings. The van der Waals surface area contributed by atoms with E-state index in [1.165, 1.54) is 0 Å². The molecule has 7 heteroatoms. The first-order valence-corrected chi connectivity index (χ1v) is 9.64. The van der Waals surface area contributed by atoms with Crippen LogP contribution in [0, 0.1) is 0 Å². The van der Waals surface area contributed by atoms with Crippen LogP contribution in [0.5, 0.6) is 0 Å². The van der Waals surface area contributed by atoms with Crippen LogP contribution in [0.4, 0.5) is 0 Å². The molecular formula is C20H22Cl2N4O. The van der Waals surface area contributed by atoms with Crippen molar-refractivity contribution in [1.29, 1.82) is 0 Å². The van der Waals surface area contributed by atoms with Crippen molar-refractivity contribution in [2.75, 3.05) is 6.61 Å². The Balaban J connectivity index is 1.87. The van der Waals surface area contributed by atoms with E-state index in [-0.39, 0.29) is 12.6 Å². The van der Waals surface area contributed by atoms with Gasteiger partial charge in [0.15, 0.2) is 0 Å². The highest BCUT2D eigenvalue weighted by Crippen LogP contribution is 2.24. The topological polar surface area (TPSA) is 63.0 Å². The minimum Gasteiger partial charge on any atom is -0.395 e. The summed E-state index contributed by atoms with van der Waals surface area (Å²) in [6, 6.07) is 15.5. The van der Waals surface area contributed by atoms with Crippen molar-refractivity contribution in [3.05, 3.63) is 69.8 Å². The second-order valence-electron chi connectivity index (χ2n) is 6.31. The van der Waals surface area contributed by atoms with E-state index in [4.69, 9.17) is 23.2 Å². The Kier molecular flexibility index (Phi) is 6.85. The molecule has 142 valence electrons. The monoisotopic (exact) mass is 404 g/mol. The third kappa shape index (κ3) is 5.08. The summed E-state index contributed by atoms with van der Waals surface area (Å²) in [7, 11) is 0. The van der Waals surface area contributed by atoms with Gasteiger partial charge in [-0.3, -0.25) is 0 Å². The first kappa shape index (κ1) is 19.8. The van der Waals surface area contributed by atoms with Crippen LogP contribution in [0.15, 0.2) is 48.5 Å². The number of halogens is 2. The van der Waals surface area contributed by atoms with Crippen molar-refractivity contribution in [3.63, 3.8) is 0 Å². The van der Waals surface area contributed by atoms with Gasteiger partial charge < -0.3 is 10.4 Å². The number of nitrogens with zero attached hydrogens (tertiary/aromatic N) is 3. The molecule has 0 bridgehead atoms. The third-order valence-electron chi connectivity index (χ3n) is 4.35. The van der Waals surface area contributed by atoms with Crippen LogP contribution in [0.2, 0.25) is 10.0 Å². The summed E-state index contributed by atoms with van der Waals surface area (Å²) in [5.41, 5.74) is 3.65. The van der Waals surface area contributed by atoms with Crippen LogP contribution in [-0.4, -0.2) is 32.7 Å². The number of rotatable bonds is 8. The summed E-state index contributed by atoms with van der Waals surface area (Å²) >= 11 is 12.1. The quantitative estimate of drug-likeness (QED) is 0.591. The minimum absolute atomic E-state index is 0.0360. The lowest BCUT2D eigenvalue weighted by atomic mass is 10.1. The van der Waals surface area contributed by atoms with E-state index in [1.807, 2.05) is 49.4 Å². The zero-order chi connectivity index (χ0) is 19.2. The van der Waals surface area contributed by atoms with Crippen molar-refractivity contribution in [1.82, 2.24) is 20.3 Å². The van der Waals surface area contributed by atoms with Crippen molar-refractivity contribution in [3.8, 4) is 11.3 Å². The summed E-state index contributed by atoms with van der Waals surface area (Å²) in [6.45, 7) is 3.15. The van der Waals surface area contributed by atoms with E-state index >= 15 is 0 Å². The number of hydrogen-bond acceptors (Lipinski definition) is 4. The normalized spacial score (nSPS) is 12.3. The summed E-state index contributed by atoms with van der Waals surface area (Å²) < 4.78 is 0.